The summed E-state index contributed by atoms with van der Waals surface area (Å²) in [4.78, 5) is 20.6. The molecule has 0 aliphatic rings. The largest absolute Gasteiger partial charge is 0.496 e. The van der Waals surface area contributed by atoms with E-state index >= 15 is 0 Å². The highest BCUT2D eigenvalue weighted by molar-refractivity contribution is 6.31. The van der Waals surface area contributed by atoms with Gasteiger partial charge in [0.2, 0.25) is 17.5 Å². The number of halogens is 1. The number of ketones is 1. The highest BCUT2D eigenvalue weighted by Crippen LogP contribution is 2.27. The Morgan fingerprint density at radius 2 is 1.90 bits per heavy atom. The van der Waals surface area contributed by atoms with Crippen LogP contribution in [0, 0.1) is 0 Å². The molecular weight excluding hydrogens is 296 g/mol. The van der Waals surface area contributed by atoms with Gasteiger partial charge in [0, 0.05) is 5.02 Å². The lowest BCUT2D eigenvalue weighted by molar-refractivity contribution is 0.102. The van der Waals surface area contributed by atoms with E-state index in [9.17, 15) is 4.79 Å². The van der Waals surface area contributed by atoms with Gasteiger partial charge in [-0.15, -0.1) is 0 Å². The third-order valence-corrected chi connectivity index (χ3v) is 2.98. The molecule has 6 nitrogen and oxygen atoms in total. The molecule has 0 radical (unpaired) electrons. The zero-order valence-corrected chi connectivity index (χ0v) is 12.5. The van der Waals surface area contributed by atoms with Gasteiger partial charge in [-0.3, -0.25) is 4.79 Å². The number of hydrogen-bond donors (Lipinski definition) is 0. The number of benzene rings is 1. The van der Waals surface area contributed by atoms with E-state index in [4.69, 9.17) is 25.8 Å². The predicted octanol–water partition coefficient (Wildman–Crippen LogP) is 2.39. The first-order valence-corrected chi connectivity index (χ1v) is 6.31. The highest BCUT2D eigenvalue weighted by Gasteiger charge is 2.21. The number of aromatic nitrogens is 2. The summed E-state index contributed by atoms with van der Waals surface area (Å²) in [6.45, 7) is 0. The number of ether oxygens (including phenoxy) is 3. The molecule has 2 aromatic rings. The van der Waals surface area contributed by atoms with Gasteiger partial charge in [-0.05, 0) is 18.2 Å². The van der Waals surface area contributed by atoms with Gasteiger partial charge in [-0.1, -0.05) is 11.6 Å². The third-order valence-electron chi connectivity index (χ3n) is 2.74. The van der Waals surface area contributed by atoms with Crippen molar-refractivity contribution in [3.63, 3.8) is 0 Å². The van der Waals surface area contributed by atoms with Crippen molar-refractivity contribution in [1.29, 1.82) is 0 Å². The van der Waals surface area contributed by atoms with Gasteiger partial charge in [0.05, 0.1) is 33.1 Å². The molecule has 7 heteroatoms. The minimum absolute atomic E-state index is 0.0684. The molecular formula is C14H13ClN2O4. The first kappa shape index (κ1) is 15.1. The van der Waals surface area contributed by atoms with E-state index in [0.29, 0.717) is 16.3 Å². The second kappa shape index (κ2) is 6.41. The molecule has 110 valence electrons. The minimum atomic E-state index is -0.379. The summed E-state index contributed by atoms with van der Waals surface area (Å²) in [5, 5.41) is 0.469. The molecule has 0 fully saturated rings. The summed E-state index contributed by atoms with van der Waals surface area (Å²) < 4.78 is 15.2. The highest BCUT2D eigenvalue weighted by atomic mass is 35.5. The molecule has 0 unspecified atom stereocenters. The van der Waals surface area contributed by atoms with Crippen molar-refractivity contribution < 1.29 is 19.0 Å². The molecule has 0 aliphatic carbocycles. The first-order valence-electron chi connectivity index (χ1n) is 5.94. The Labute approximate surface area is 126 Å². The van der Waals surface area contributed by atoms with E-state index in [1.807, 2.05) is 0 Å². The van der Waals surface area contributed by atoms with Gasteiger partial charge < -0.3 is 14.2 Å². The van der Waals surface area contributed by atoms with Crippen LogP contribution in [0.2, 0.25) is 5.02 Å². The summed E-state index contributed by atoms with van der Waals surface area (Å²) in [5.41, 5.74) is 0.388. The van der Waals surface area contributed by atoms with E-state index in [-0.39, 0.29) is 23.2 Å². The van der Waals surface area contributed by atoms with Gasteiger partial charge in [-0.25, -0.2) is 4.98 Å². The van der Waals surface area contributed by atoms with Crippen molar-refractivity contribution in [2.45, 2.75) is 0 Å². The summed E-state index contributed by atoms with van der Waals surface area (Å²) in [6, 6.07) is 4.72. The maximum atomic E-state index is 12.6. The Morgan fingerprint density at radius 1 is 1.14 bits per heavy atom. The summed E-state index contributed by atoms with van der Waals surface area (Å²) in [6.07, 6.45) is 1.35. The van der Waals surface area contributed by atoms with Crippen molar-refractivity contribution in [1.82, 2.24) is 9.97 Å². The number of methoxy groups -OCH3 is 3. The van der Waals surface area contributed by atoms with Crippen LogP contribution in [-0.2, 0) is 0 Å². The average molecular weight is 309 g/mol. The molecule has 0 saturated heterocycles. The van der Waals surface area contributed by atoms with Gasteiger partial charge in [-0.2, -0.15) is 4.98 Å². The fourth-order valence-corrected chi connectivity index (χ4v) is 1.90. The van der Waals surface area contributed by atoms with E-state index in [1.165, 1.54) is 27.5 Å². The Kier molecular flexibility index (Phi) is 4.59. The standard InChI is InChI=1S/C14H13ClN2O4/c1-19-10-6-8(15)4-5-9(10)13(18)12-14(21-3)17-11(20-2)7-16-12/h4-7H,1-3H3. The van der Waals surface area contributed by atoms with E-state index in [0.717, 1.165) is 0 Å². The zero-order valence-electron chi connectivity index (χ0n) is 11.7. The van der Waals surface area contributed by atoms with Gasteiger partial charge in [0.1, 0.15) is 5.75 Å². The van der Waals surface area contributed by atoms with Gasteiger partial charge >= 0.3 is 0 Å². The number of rotatable bonds is 5. The lowest BCUT2D eigenvalue weighted by atomic mass is 10.1. The van der Waals surface area contributed by atoms with Crippen LogP contribution in [-0.4, -0.2) is 37.1 Å². The van der Waals surface area contributed by atoms with Crippen molar-refractivity contribution in [2.75, 3.05) is 21.3 Å². The summed E-state index contributed by atoms with van der Waals surface area (Å²) in [7, 11) is 4.31. The molecule has 2 rings (SSSR count). The van der Waals surface area contributed by atoms with Crippen LogP contribution in [0.1, 0.15) is 16.1 Å². The Balaban J connectivity index is 2.49. The van der Waals surface area contributed by atoms with E-state index in [1.54, 1.807) is 18.2 Å². The normalized spacial score (nSPS) is 10.1. The lowest BCUT2D eigenvalue weighted by Gasteiger charge is -2.10. The Morgan fingerprint density at radius 3 is 2.52 bits per heavy atom. The fourth-order valence-electron chi connectivity index (χ4n) is 1.73. The maximum absolute atomic E-state index is 12.6. The lowest BCUT2D eigenvalue weighted by Crippen LogP contribution is -2.10. The van der Waals surface area contributed by atoms with Crippen molar-refractivity contribution in [2.24, 2.45) is 0 Å². The quantitative estimate of drug-likeness (QED) is 0.790. The van der Waals surface area contributed by atoms with Crippen LogP contribution in [0.5, 0.6) is 17.5 Å². The molecule has 0 N–H and O–H groups in total. The molecule has 0 aliphatic heterocycles. The van der Waals surface area contributed by atoms with Crippen molar-refractivity contribution >= 4 is 17.4 Å². The second-order valence-corrected chi connectivity index (χ2v) is 4.38. The smallest absolute Gasteiger partial charge is 0.247 e. The van der Waals surface area contributed by atoms with Crippen molar-refractivity contribution in [3.8, 4) is 17.5 Å². The molecule has 1 aromatic heterocycles. The summed E-state index contributed by atoms with van der Waals surface area (Å²) in [5.74, 6) is 0.311. The maximum Gasteiger partial charge on any atom is 0.247 e. The molecule has 0 saturated carbocycles. The molecule has 0 bridgehead atoms. The van der Waals surface area contributed by atoms with E-state index < -0.39 is 0 Å². The number of nitrogens with zero attached hydrogens (tertiary/aromatic N) is 2. The molecule has 0 amide bonds. The molecule has 1 heterocycles. The monoisotopic (exact) mass is 308 g/mol. The van der Waals surface area contributed by atoms with Crippen LogP contribution in [0.3, 0.4) is 0 Å². The van der Waals surface area contributed by atoms with Crippen LogP contribution in [0.15, 0.2) is 24.4 Å². The molecule has 0 atom stereocenters. The fraction of sp³-hybridized carbons (Fsp3) is 0.214. The Hall–Kier alpha value is -2.34. The van der Waals surface area contributed by atoms with Crippen molar-refractivity contribution in [3.05, 3.63) is 40.7 Å². The second-order valence-electron chi connectivity index (χ2n) is 3.94. The molecule has 21 heavy (non-hydrogen) atoms. The van der Waals surface area contributed by atoms with Crippen LogP contribution < -0.4 is 14.2 Å². The van der Waals surface area contributed by atoms with Crippen LogP contribution in [0.4, 0.5) is 0 Å². The van der Waals surface area contributed by atoms with E-state index in [2.05, 4.69) is 9.97 Å². The summed E-state index contributed by atoms with van der Waals surface area (Å²) >= 11 is 5.88. The number of carbonyl (C=O) groups excluding carboxylic acids is 1. The first-order chi connectivity index (χ1) is 10.1. The topological polar surface area (TPSA) is 70.5 Å². The van der Waals surface area contributed by atoms with Crippen LogP contribution in [0.25, 0.3) is 0 Å². The third kappa shape index (κ3) is 3.05. The Bertz CT molecular complexity index is 676. The molecule has 0 spiro atoms. The van der Waals surface area contributed by atoms with Gasteiger partial charge in [0.15, 0.2) is 5.69 Å². The van der Waals surface area contributed by atoms with Crippen LogP contribution >= 0.6 is 11.6 Å². The molecule has 1 aromatic carbocycles. The SMILES string of the molecule is COc1cnc(C(=O)c2ccc(Cl)cc2OC)c(OC)n1. The average Bonchev–Trinajstić information content (AvgIpc) is 2.53. The zero-order chi connectivity index (χ0) is 15.4. The predicted molar refractivity (Wildman–Crippen MR) is 76.6 cm³/mol. The minimum Gasteiger partial charge on any atom is -0.496 e. The number of hydrogen-bond acceptors (Lipinski definition) is 6. The van der Waals surface area contributed by atoms with Gasteiger partial charge in [0.25, 0.3) is 0 Å². The number of carbonyl (C=O) groups is 1.